The highest BCUT2D eigenvalue weighted by molar-refractivity contribution is 6.29. The second kappa shape index (κ2) is 4.35. The third-order valence-electron chi connectivity index (χ3n) is 2.47. The predicted molar refractivity (Wildman–Crippen MR) is 58.3 cm³/mol. The molecule has 5 nitrogen and oxygen atoms in total. The molecule has 0 radical (unpaired) electrons. The number of rotatable bonds is 2. The molecule has 1 aliphatic heterocycles. The third kappa shape index (κ3) is 2.48. The van der Waals surface area contributed by atoms with Crippen molar-refractivity contribution in [3.05, 3.63) is 23.2 Å². The monoisotopic (exact) mass is 241 g/mol. The highest BCUT2D eigenvalue weighted by atomic mass is 35.5. The van der Waals surface area contributed by atoms with Crippen molar-refractivity contribution >= 4 is 17.5 Å². The molecule has 0 bridgehead atoms. The quantitative estimate of drug-likeness (QED) is 0.840. The Kier molecular flexibility index (Phi) is 3.07. The van der Waals surface area contributed by atoms with Crippen LogP contribution in [0.25, 0.3) is 0 Å². The fraction of sp³-hybridized carbons (Fsp3) is 0.500. The number of nitrogens with zero attached hydrogens (tertiary/aromatic N) is 2. The molecule has 0 spiro atoms. The number of hydrogen-bond donors (Lipinski definition) is 1. The van der Waals surface area contributed by atoms with Crippen LogP contribution in [0.5, 0.6) is 0 Å². The zero-order chi connectivity index (χ0) is 11.6. The summed E-state index contributed by atoms with van der Waals surface area (Å²) in [6, 6.07) is 0. The molecular formula is C10H12ClN3O2. The fourth-order valence-electron chi connectivity index (χ4n) is 1.56. The first-order valence-corrected chi connectivity index (χ1v) is 5.35. The second-order valence-corrected chi connectivity index (χ2v) is 4.43. The van der Waals surface area contributed by atoms with Crippen LogP contribution in [0, 0.1) is 0 Å². The van der Waals surface area contributed by atoms with Crippen LogP contribution in [0.4, 0.5) is 0 Å². The van der Waals surface area contributed by atoms with E-state index < -0.39 is 0 Å². The van der Waals surface area contributed by atoms with Gasteiger partial charge in [0.05, 0.1) is 24.5 Å². The van der Waals surface area contributed by atoms with E-state index in [2.05, 4.69) is 15.3 Å². The molecule has 0 saturated carbocycles. The van der Waals surface area contributed by atoms with E-state index in [0.717, 1.165) is 6.42 Å². The van der Waals surface area contributed by atoms with Gasteiger partial charge >= 0.3 is 0 Å². The molecule has 2 heterocycles. The summed E-state index contributed by atoms with van der Waals surface area (Å²) in [4.78, 5) is 19.5. The number of hydrogen-bond acceptors (Lipinski definition) is 4. The normalized spacial score (nSPS) is 24.4. The maximum absolute atomic E-state index is 11.8. The van der Waals surface area contributed by atoms with Gasteiger partial charge in [0, 0.05) is 6.61 Å². The lowest BCUT2D eigenvalue weighted by Gasteiger charge is -2.22. The van der Waals surface area contributed by atoms with Gasteiger partial charge in [0.15, 0.2) is 0 Å². The molecular weight excluding hydrogens is 230 g/mol. The van der Waals surface area contributed by atoms with Crippen LogP contribution in [-0.4, -0.2) is 34.6 Å². The summed E-state index contributed by atoms with van der Waals surface area (Å²) in [6.07, 6.45) is 3.58. The van der Waals surface area contributed by atoms with Crippen LogP contribution in [0.3, 0.4) is 0 Å². The highest BCUT2D eigenvalue weighted by Crippen LogP contribution is 2.18. The molecule has 1 amide bonds. The third-order valence-corrected chi connectivity index (χ3v) is 2.65. The predicted octanol–water partition coefficient (Wildman–Crippen LogP) is 1.04. The van der Waals surface area contributed by atoms with E-state index in [4.69, 9.17) is 16.3 Å². The number of amides is 1. The molecule has 86 valence electrons. The molecule has 1 fully saturated rings. The molecule has 1 saturated heterocycles. The molecule has 0 aliphatic carbocycles. The molecule has 6 heteroatoms. The maximum atomic E-state index is 11.8. The number of ether oxygens (including phenoxy) is 1. The van der Waals surface area contributed by atoms with Gasteiger partial charge in [-0.15, -0.1) is 0 Å². The van der Waals surface area contributed by atoms with Gasteiger partial charge in [0.1, 0.15) is 10.8 Å². The molecule has 1 N–H and O–H groups in total. The molecule has 1 aromatic heterocycles. The largest absolute Gasteiger partial charge is 0.379 e. The van der Waals surface area contributed by atoms with E-state index >= 15 is 0 Å². The average Bonchev–Trinajstić information content (AvgIpc) is 2.65. The van der Waals surface area contributed by atoms with Gasteiger partial charge < -0.3 is 10.1 Å². The molecule has 2 rings (SSSR count). The summed E-state index contributed by atoms with van der Waals surface area (Å²) in [5, 5.41) is 3.08. The van der Waals surface area contributed by atoms with Crippen molar-refractivity contribution in [3.63, 3.8) is 0 Å². The van der Waals surface area contributed by atoms with Crippen LogP contribution in [0.15, 0.2) is 12.4 Å². The lowest BCUT2D eigenvalue weighted by atomic mass is 10.0. The minimum Gasteiger partial charge on any atom is -0.379 e. The van der Waals surface area contributed by atoms with E-state index in [1.54, 1.807) is 0 Å². The Morgan fingerprint density at radius 1 is 1.62 bits per heavy atom. The van der Waals surface area contributed by atoms with Gasteiger partial charge in [-0.05, 0) is 13.3 Å². The summed E-state index contributed by atoms with van der Waals surface area (Å²) in [5.41, 5.74) is -0.0956. The Bertz CT molecular complexity index is 405. The summed E-state index contributed by atoms with van der Waals surface area (Å²) < 4.78 is 5.24. The van der Waals surface area contributed by atoms with Crippen LogP contribution in [0.2, 0.25) is 5.15 Å². The van der Waals surface area contributed by atoms with Gasteiger partial charge in [-0.3, -0.25) is 9.78 Å². The molecule has 1 unspecified atom stereocenters. The standard InChI is InChI=1S/C10H12ClN3O2/c1-10(2-3-16-6-10)14-9(15)7-4-12-5-8(11)13-7/h4-5H,2-3,6H2,1H3,(H,14,15). The van der Waals surface area contributed by atoms with E-state index in [9.17, 15) is 4.79 Å². The van der Waals surface area contributed by atoms with Crippen molar-refractivity contribution in [2.24, 2.45) is 0 Å². The molecule has 1 aromatic rings. The van der Waals surface area contributed by atoms with Crippen molar-refractivity contribution in [2.45, 2.75) is 18.9 Å². The van der Waals surface area contributed by atoms with Crippen molar-refractivity contribution < 1.29 is 9.53 Å². The Balaban J connectivity index is 2.08. The zero-order valence-electron chi connectivity index (χ0n) is 8.86. The first kappa shape index (κ1) is 11.3. The Morgan fingerprint density at radius 2 is 2.44 bits per heavy atom. The first-order chi connectivity index (χ1) is 7.59. The minimum atomic E-state index is -0.318. The van der Waals surface area contributed by atoms with Crippen molar-refractivity contribution in [3.8, 4) is 0 Å². The lowest BCUT2D eigenvalue weighted by molar-refractivity contribution is 0.0884. The van der Waals surface area contributed by atoms with Crippen molar-refractivity contribution in [1.82, 2.24) is 15.3 Å². The summed E-state index contributed by atoms with van der Waals surface area (Å²) >= 11 is 5.66. The Hall–Kier alpha value is -1.20. The zero-order valence-corrected chi connectivity index (χ0v) is 9.62. The highest BCUT2D eigenvalue weighted by Gasteiger charge is 2.31. The Morgan fingerprint density at radius 3 is 3.06 bits per heavy atom. The molecule has 1 atom stereocenters. The number of carbonyl (C=O) groups is 1. The van der Waals surface area contributed by atoms with Crippen LogP contribution < -0.4 is 5.32 Å². The minimum absolute atomic E-state index is 0.209. The van der Waals surface area contributed by atoms with E-state index in [-0.39, 0.29) is 22.3 Å². The smallest absolute Gasteiger partial charge is 0.272 e. The number of nitrogens with one attached hydrogen (secondary N) is 1. The maximum Gasteiger partial charge on any atom is 0.272 e. The van der Waals surface area contributed by atoms with Crippen molar-refractivity contribution in [2.75, 3.05) is 13.2 Å². The van der Waals surface area contributed by atoms with Crippen LogP contribution >= 0.6 is 11.6 Å². The summed E-state index contributed by atoms with van der Waals surface area (Å²) in [5.74, 6) is -0.275. The van der Waals surface area contributed by atoms with Gasteiger partial charge in [-0.25, -0.2) is 4.98 Å². The molecule has 16 heavy (non-hydrogen) atoms. The summed E-state index contributed by atoms with van der Waals surface area (Å²) in [7, 11) is 0. The molecule has 1 aliphatic rings. The van der Waals surface area contributed by atoms with Crippen LogP contribution in [0.1, 0.15) is 23.8 Å². The Labute approximate surface area is 98.2 Å². The van der Waals surface area contributed by atoms with E-state index in [0.29, 0.717) is 13.2 Å². The number of aromatic nitrogens is 2. The lowest BCUT2D eigenvalue weighted by Crippen LogP contribution is -2.46. The van der Waals surface area contributed by atoms with Gasteiger partial charge in [0.25, 0.3) is 5.91 Å². The van der Waals surface area contributed by atoms with Gasteiger partial charge in [-0.1, -0.05) is 11.6 Å². The number of halogens is 1. The number of carbonyl (C=O) groups excluding carboxylic acids is 1. The van der Waals surface area contributed by atoms with Gasteiger partial charge in [0.2, 0.25) is 0 Å². The van der Waals surface area contributed by atoms with E-state index in [1.165, 1.54) is 12.4 Å². The van der Waals surface area contributed by atoms with Crippen LogP contribution in [-0.2, 0) is 4.74 Å². The fourth-order valence-corrected chi connectivity index (χ4v) is 1.70. The van der Waals surface area contributed by atoms with Crippen molar-refractivity contribution in [1.29, 1.82) is 0 Å². The van der Waals surface area contributed by atoms with E-state index in [1.807, 2.05) is 6.92 Å². The SMILES string of the molecule is CC1(NC(=O)c2cncc(Cl)n2)CCOC1. The summed E-state index contributed by atoms with van der Waals surface area (Å²) in [6.45, 7) is 3.13. The first-order valence-electron chi connectivity index (χ1n) is 4.97. The molecule has 0 aromatic carbocycles. The topological polar surface area (TPSA) is 64.1 Å². The van der Waals surface area contributed by atoms with Gasteiger partial charge in [-0.2, -0.15) is 0 Å². The average molecular weight is 242 g/mol. The second-order valence-electron chi connectivity index (χ2n) is 4.04.